The van der Waals surface area contributed by atoms with Crippen LogP contribution < -0.4 is 5.73 Å². The molecule has 0 aromatic heterocycles. The van der Waals surface area contributed by atoms with Crippen LogP contribution in [0.2, 0.25) is 0 Å². The number of carbonyl (C=O) groups excluding carboxylic acids is 1. The Morgan fingerprint density at radius 1 is 1.21 bits per heavy atom. The van der Waals surface area contributed by atoms with Crippen LogP contribution in [0.3, 0.4) is 0 Å². The molecule has 2 N–H and O–H groups in total. The average molecular weight is 259 g/mol. The number of rotatable bonds is 3. The Hall–Kier alpha value is -2.36. The van der Waals surface area contributed by atoms with Gasteiger partial charge in [-0.1, -0.05) is 18.2 Å². The predicted molar refractivity (Wildman–Crippen MR) is 71.1 cm³/mol. The first-order valence-corrected chi connectivity index (χ1v) is 5.84. The summed E-state index contributed by atoms with van der Waals surface area (Å²) < 4.78 is 17.9. The van der Waals surface area contributed by atoms with Gasteiger partial charge < -0.3 is 10.5 Å². The molecule has 0 aliphatic rings. The van der Waals surface area contributed by atoms with Gasteiger partial charge in [0.15, 0.2) is 0 Å². The molecule has 0 heterocycles. The molecule has 0 saturated carbocycles. The molecule has 0 bridgehead atoms. The van der Waals surface area contributed by atoms with Crippen LogP contribution in [0.4, 0.5) is 10.1 Å². The zero-order valence-electron chi connectivity index (χ0n) is 10.5. The largest absolute Gasteiger partial charge is 0.457 e. The molecule has 0 fully saturated rings. The van der Waals surface area contributed by atoms with Gasteiger partial charge >= 0.3 is 5.97 Å². The van der Waals surface area contributed by atoms with E-state index in [1.807, 2.05) is 6.92 Å². The zero-order chi connectivity index (χ0) is 13.8. The van der Waals surface area contributed by atoms with Crippen molar-refractivity contribution in [3.05, 3.63) is 65.0 Å². The molecule has 0 atom stereocenters. The van der Waals surface area contributed by atoms with E-state index in [-0.39, 0.29) is 12.4 Å². The lowest BCUT2D eigenvalue weighted by molar-refractivity contribution is 0.0472. The van der Waals surface area contributed by atoms with Crippen molar-refractivity contribution in [3.8, 4) is 0 Å². The Bertz CT molecular complexity index is 594. The number of halogens is 1. The second kappa shape index (κ2) is 5.52. The van der Waals surface area contributed by atoms with Gasteiger partial charge in [-0.2, -0.15) is 0 Å². The highest BCUT2D eigenvalue weighted by atomic mass is 19.1. The number of esters is 1. The Morgan fingerprint density at radius 3 is 2.58 bits per heavy atom. The summed E-state index contributed by atoms with van der Waals surface area (Å²) in [4.78, 5) is 11.9. The normalized spacial score (nSPS) is 10.2. The Labute approximate surface area is 110 Å². The van der Waals surface area contributed by atoms with Crippen LogP contribution in [0.5, 0.6) is 0 Å². The summed E-state index contributed by atoms with van der Waals surface area (Å²) in [7, 11) is 0. The monoisotopic (exact) mass is 259 g/mol. The summed E-state index contributed by atoms with van der Waals surface area (Å²) >= 11 is 0. The molecule has 0 aliphatic heterocycles. The molecule has 2 rings (SSSR count). The number of anilines is 1. The molecule has 0 radical (unpaired) electrons. The van der Waals surface area contributed by atoms with Crippen LogP contribution >= 0.6 is 0 Å². The van der Waals surface area contributed by atoms with Crippen LogP contribution in [0.25, 0.3) is 0 Å². The fourth-order valence-corrected chi connectivity index (χ4v) is 1.67. The second-order valence-corrected chi connectivity index (χ2v) is 4.28. The number of nitrogens with two attached hydrogens (primary N) is 1. The number of benzene rings is 2. The van der Waals surface area contributed by atoms with Crippen LogP contribution in [-0.2, 0) is 11.3 Å². The highest BCUT2D eigenvalue weighted by molar-refractivity contribution is 5.92. The lowest BCUT2D eigenvalue weighted by Crippen LogP contribution is -2.07. The number of nitrogen functional groups attached to an aromatic ring is 1. The van der Waals surface area contributed by atoms with Gasteiger partial charge in [0.25, 0.3) is 0 Å². The van der Waals surface area contributed by atoms with Crippen molar-refractivity contribution in [2.45, 2.75) is 13.5 Å². The summed E-state index contributed by atoms with van der Waals surface area (Å²) in [6, 6.07) is 10.9. The lowest BCUT2D eigenvalue weighted by Gasteiger charge is -2.08. The molecule has 2 aromatic carbocycles. The van der Waals surface area contributed by atoms with Gasteiger partial charge in [0, 0.05) is 5.69 Å². The second-order valence-electron chi connectivity index (χ2n) is 4.28. The number of ether oxygens (including phenoxy) is 1. The summed E-state index contributed by atoms with van der Waals surface area (Å²) in [6.45, 7) is 1.92. The maximum absolute atomic E-state index is 12.7. The number of aryl methyl sites for hydroxylation is 1. The maximum Gasteiger partial charge on any atom is 0.338 e. The van der Waals surface area contributed by atoms with Crippen molar-refractivity contribution in [1.29, 1.82) is 0 Å². The molecule has 0 saturated heterocycles. The zero-order valence-corrected chi connectivity index (χ0v) is 10.5. The standard InChI is InChI=1S/C15H14FNO2/c1-10-2-7-13(17)8-14(10)15(18)19-9-11-3-5-12(16)6-4-11/h2-8H,9,17H2,1H3. The number of carbonyl (C=O) groups is 1. The third kappa shape index (κ3) is 3.31. The highest BCUT2D eigenvalue weighted by Crippen LogP contribution is 2.15. The van der Waals surface area contributed by atoms with Crippen molar-refractivity contribution in [2.24, 2.45) is 0 Å². The van der Waals surface area contributed by atoms with Crippen LogP contribution in [-0.4, -0.2) is 5.97 Å². The van der Waals surface area contributed by atoms with E-state index in [0.29, 0.717) is 11.3 Å². The van der Waals surface area contributed by atoms with Crippen molar-refractivity contribution < 1.29 is 13.9 Å². The molecule has 4 heteroatoms. The van der Waals surface area contributed by atoms with Gasteiger partial charge in [-0.3, -0.25) is 0 Å². The summed E-state index contributed by atoms with van der Waals surface area (Å²) in [5.41, 5.74) is 8.14. The van der Waals surface area contributed by atoms with E-state index < -0.39 is 5.97 Å². The first-order chi connectivity index (χ1) is 9.06. The van der Waals surface area contributed by atoms with E-state index in [1.165, 1.54) is 12.1 Å². The third-order valence-corrected chi connectivity index (χ3v) is 2.76. The lowest BCUT2D eigenvalue weighted by atomic mass is 10.1. The van der Waals surface area contributed by atoms with Crippen molar-refractivity contribution in [1.82, 2.24) is 0 Å². The minimum Gasteiger partial charge on any atom is -0.457 e. The summed E-state index contributed by atoms with van der Waals surface area (Å²) in [5.74, 6) is -0.754. The Kier molecular flexibility index (Phi) is 3.80. The highest BCUT2D eigenvalue weighted by Gasteiger charge is 2.11. The topological polar surface area (TPSA) is 52.3 Å². The minimum atomic E-state index is -0.436. The van der Waals surface area contributed by atoms with E-state index in [2.05, 4.69) is 0 Å². The van der Waals surface area contributed by atoms with Crippen molar-refractivity contribution >= 4 is 11.7 Å². The third-order valence-electron chi connectivity index (χ3n) is 2.76. The minimum absolute atomic E-state index is 0.105. The Morgan fingerprint density at radius 2 is 1.89 bits per heavy atom. The van der Waals surface area contributed by atoms with Gasteiger partial charge in [0.05, 0.1) is 5.56 Å². The predicted octanol–water partition coefficient (Wildman–Crippen LogP) is 3.07. The van der Waals surface area contributed by atoms with Crippen LogP contribution in [0.15, 0.2) is 42.5 Å². The number of hydrogen-bond donors (Lipinski definition) is 1. The van der Waals surface area contributed by atoms with Crippen molar-refractivity contribution in [3.63, 3.8) is 0 Å². The van der Waals surface area contributed by atoms with Crippen molar-refractivity contribution in [2.75, 3.05) is 5.73 Å². The van der Waals surface area contributed by atoms with E-state index in [1.54, 1.807) is 30.3 Å². The number of hydrogen-bond acceptors (Lipinski definition) is 3. The Balaban J connectivity index is 2.05. The quantitative estimate of drug-likeness (QED) is 0.680. The molecule has 0 spiro atoms. The average Bonchev–Trinajstić information content (AvgIpc) is 2.40. The fourth-order valence-electron chi connectivity index (χ4n) is 1.67. The van der Waals surface area contributed by atoms with Crippen LogP contribution in [0, 0.1) is 12.7 Å². The van der Waals surface area contributed by atoms with E-state index in [0.717, 1.165) is 11.1 Å². The van der Waals surface area contributed by atoms with E-state index in [4.69, 9.17) is 10.5 Å². The van der Waals surface area contributed by atoms with Gasteiger partial charge in [-0.15, -0.1) is 0 Å². The van der Waals surface area contributed by atoms with Gasteiger partial charge in [0.2, 0.25) is 0 Å². The molecule has 0 amide bonds. The first-order valence-electron chi connectivity index (χ1n) is 5.84. The van der Waals surface area contributed by atoms with E-state index >= 15 is 0 Å². The first kappa shape index (κ1) is 13.1. The SMILES string of the molecule is Cc1ccc(N)cc1C(=O)OCc1ccc(F)cc1. The molecule has 19 heavy (non-hydrogen) atoms. The molecular weight excluding hydrogens is 245 g/mol. The summed E-state index contributed by atoms with van der Waals surface area (Å²) in [5, 5.41) is 0. The smallest absolute Gasteiger partial charge is 0.338 e. The molecule has 98 valence electrons. The van der Waals surface area contributed by atoms with Gasteiger partial charge in [0.1, 0.15) is 12.4 Å². The van der Waals surface area contributed by atoms with Crippen LogP contribution in [0.1, 0.15) is 21.5 Å². The van der Waals surface area contributed by atoms with Gasteiger partial charge in [-0.25, -0.2) is 9.18 Å². The van der Waals surface area contributed by atoms with Gasteiger partial charge in [-0.05, 0) is 42.3 Å². The van der Waals surface area contributed by atoms with E-state index in [9.17, 15) is 9.18 Å². The molecule has 3 nitrogen and oxygen atoms in total. The maximum atomic E-state index is 12.7. The summed E-state index contributed by atoms with van der Waals surface area (Å²) in [6.07, 6.45) is 0. The molecule has 0 unspecified atom stereocenters. The molecule has 2 aromatic rings. The molecule has 0 aliphatic carbocycles. The molecular formula is C15H14FNO2. The fraction of sp³-hybridized carbons (Fsp3) is 0.133.